The second-order valence-corrected chi connectivity index (χ2v) is 6.81. The first kappa shape index (κ1) is 19.2. The van der Waals surface area contributed by atoms with Crippen LogP contribution in [-0.4, -0.2) is 16.8 Å². The maximum Gasteiger partial charge on any atom is 0.291 e. The Kier molecular flexibility index (Phi) is 5.43. The van der Waals surface area contributed by atoms with Crippen LogP contribution in [0.1, 0.15) is 22.5 Å². The molecule has 0 saturated heterocycles. The van der Waals surface area contributed by atoms with Crippen LogP contribution in [0.2, 0.25) is 0 Å². The molecule has 4 N–H and O–H groups in total. The van der Waals surface area contributed by atoms with Crippen LogP contribution >= 0.6 is 0 Å². The molecule has 2 heterocycles. The number of fused-ring (bicyclic) bond motifs is 1. The molecule has 0 aliphatic heterocycles. The van der Waals surface area contributed by atoms with E-state index < -0.39 is 5.91 Å². The van der Waals surface area contributed by atoms with E-state index in [1.807, 2.05) is 12.1 Å². The van der Waals surface area contributed by atoms with Crippen LogP contribution in [0, 0.1) is 0 Å². The summed E-state index contributed by atoms with van der Waals surface area (Å²) in [4.78, 5) is 28.8. The van der Waals surface area contributed by atoms with Crippen LogP contribution in [0.3, 0.4) is 0 Å². The first-order valence-corrected chi connectivity index (χ1v) is 9.47. The van der Waals surface area contributed by atoms with Gasteiger partial charge in [0.25, 0.3) is 5.91 Å². The highest BCUT2D eigenvalue weighted by atomic mass is 16.3. The van der Waals surface area contributed by atoms with Crippen molar-refractivity contribution in [1.82, 2.24) is 4.98 Å². The number of hydrogen-bond donors (Lipinski definition) is 3. The second kappa shape index (κ2) is 8.48. The van der Waals surface area contributed by atoms with E-state index in [9.17, 15) is 9.59 Å². The van der Waals surface area contributed by atoms with Crippen LogP contribution in [-0.2, 0) is 11.2 Å². The number of pyridine rings is 1. The van der Waals surface area contributed by atoms with E-state index in [0.29, 0.717) is 40.9 Å². The SMILES string of the molecule is Nc1ccccc1NC(=O)c1cc2cc(NC(=O)CCc3cccnc3)ccc2o1. The Morgan fingerprint density at radius 1 is 1.00 bits per heavy atom. The molecule has 0 aliphatic carbocycles. The summed E-state index contributed by atoms with van der Waals surface area (Å²) in [7, 11) is 0. The van der Waals surface area contributed by atoms with Crippen molar-refractivity contribution in [2.45, 2.75) is 12.8 Å². The van der Waals surface area contributed by atoms with Crippen molar-refractivity contribution >= 4 is 39.8 Å². The molecule has 150 valence electrons. The fraction of sp³-hybridized carbons (Fsp3) is 0.0870. The minimum atomic E-state index is -0.397. The maximum absolute atomic E-state index is 12.5. The molecule has 2 aromatic carbocycles. The Morgan fingerprint density at radius 3 is 2.67 bits per heavy atom. The van der Waals surface area contributed by atoms with Gasteiger partial charge in [0.1, 0.15) is 5.58 Å². The summed E-state index contributed by atoms with van der Waals surface area (Å²) in [6.07, 6.45) is 4.41. The monoisotopic (exact) mass is 400 g/mol. The summed E-state index contributed by atoms with van der Waals surface area (Å²) in [5.74, 6) is -0.335. The quantitative estimate of drug-likeness (QED) is 0.420. The standard InChI is InChI=1S/C23H20N4O3/c24-18-5-1-2-6-19(18)27-23(29)21-13-16-12-17(8-9-20(16)30-21)26-22(28)10-7-15-4-3-11-25-14-15/h1-6,8-9,11-14H,7,10,24H2,(H,26,28)(H,27,29). The highest BCUT2D eigenvalue weighted by molar-refractivity contribution is 6.06. The van der Waals surface area contributed by atoms with Gasteiger partial charge in [0.15, 0.2) is 5.76 Å². The Bertz CT molecular complexity index is 1200. The topological polar surface area (TPSA) is 110 Å². The van der Waals surface area contributed by atoms with Crippen LogP contribution in [0.4, 0.5) is 17.1 Å². The zero-order valence-corrected chi connectivity index (χ0v) is 16.1. The Labute approximate surface area is 172 Å². The Balaban J connectivity index is 1.42. The van der Waals surface area contributed by atoms with Gasteiger partial charge < -0.3 is 20.8 Å². The predicted octanol–water partition coefficient (Wildman–Crippen LogP) is 4.23. The molecule has 0 atom stereocenters. The number of aromatic nitrogens is 1. The van der Waals surface area contributed by atoms with Crippen LogP contribution in [0.15, 0.2) is 77.5 Å². The van der Waals surface area contributed by atoms with Gasteiger partial charge in [-0.05, 0) is 54.4 Å². The zero-order chi connectivity index (χ0) is 20.9. The molecule has 2 amide bonds. The largest absolute Gasteiger partial charge is 0.451 e. The summed E-state index contributed by atoms with van der Waals surface area (Å²) < 4.78 is 5.63. The first-order valence-electron chi connectivity index (χ1n) is 9.47. The zero-order valence-electron chi connectivity index (χ0n) is 16.1. The van der Waals surface area contributed by atoms with Crippen LogP contribution < -0.4 is 16.4 Å². The molecule has 0 bridgehead atoms. The molecule has 7 nitrogen and oxygen atoms in total. The predicted molar refractivity (Wildman–Crippen MR) is 116 cm³/mol. The van der Waals surface area contributed by atoms with Crippen molar-refractivity contribution in [3.63, 3.8) is 0 Å². The normalized spacial score (nSPS) is 10.7. The van der Waals surface area contributed by atoms with E-state index in [1.165, 1.54) is 0 Å². The summed E-state index contributed by atoms with van der Waals surface area (Å²) in [5, 5.41) is 6.32. The number of carbonyl (C=O) groups excluding carboxylic acids is 2. The molecule has 4 aromatic rings. The molecule has 0 aliphatic rings. The summed E-state index contributed by atoms with van der Waals surface area (Å²) in [6.45, 7) is 0. The number of nitrogens with one attached hydrogen (secondary N) is 2. The van der Waals surface area contributed by atoms with Crippen molar-refractivity contribution < 1.29 is 14.0 Å². The number of nitrogens with zero attached hydrogens (tertiary/aromatic N) is 1. The van der Waals surface area contributed by atoms with Gasteiger partial charge in [0.05, 0.1) is 11.4 Å². The van der Waals surface area contributed by atoms with Gasteiger partial charge in [-0.1, -0.05) is 18.2 Å². The van der Waals surface area contributed by atoms with Crippen molar-refractivity contribution in [2.24, 2.45) is 0 Å². The first-order chi connectivity index (χ1) is 14.6. The Morgan fingerprint density at radius 2 is 1.87 bits per heavy atom. The lowest BCUT2D eigenvalue weighted by molar-refractivity contribution is -0.116. The molecule has 0 saturated carbocycles. The van der Waals surface area contributed by atoms with E-state index in [2.05, 4.69) is 15.6 Å². The number of aryl methyl sites for hydroxylation is 1. The van der Waals surface area contributed by atoms with E-state index >= 15 is 0 Å². The number of para-hydroxylation sites is 2. The number of carbonyl (C=O) groups is 2. The number of hydrogen-bond acceptors (Lipinski definition) is 5. The smallest absolute Gasteiger partial charge is 0.291 e. The van der Waals surface area contributed by atoms with Gasteiger partial charge in [0.2, 0.25) is 5.91 Å². The summed E-state index contributed by atoms with van der Waals surface area (Å²) in [5.41, 5.74) is 9.04. The average molecular weight is 400 g/mol. The fourth-order valence-corrected chi connectivity index (χ4v) is 3.06. The third-order valence-corrected chi connectivity index (χ3v) is 4.60. The highest BCUT2D eigenvalue weighted by Crippen LogP contribution is 2.25. The molecule has 0 unspecified atom stereocenters. The molecular weight excluding hydrogens is 380 g/mol. The van der Waals surface area contributed by atoms with E-state index in [-0.39, 0.29) is 11.7 Å². The Hall–Kier alpha value is -4.13. The molecule has 30 heavy (non-hydrogen) atoms. The van der Waals surface area contributed by atoms with Gasteiger partial charge >= 0.3 is 0 Å². The number of nitrogen functional groups attached to an aromatic ring is 1. The van der Waals surface area contributed by atoms with Crippen molar-refractivity contribution in [3.8, 4) is 0 Å². The van der Waals surface area contributed by atoms with E-state index in [0.717, 1.165) is 5.56 Å². The van der Waals surface area contributed by atoms with Gasteiger partial charge in [-0.3, -0.25) is 14.6 Å². The summed E-state index contributed by atoms with van der Waals surface area (Å²) >= 11 is 0. The van der Waals surface area contributed by atoms with E-state index in [1.54, 1.807) is 60.9 Å². The molecular formula is C23H20N4O3. The fourth-order valence-electron chi connectivity index (χ4n) is 3.06. The lowest BCUT2D eigenvalue weighted by Gasteiger charge is -2.05. The van der Waals surface area contributed by atoms with Gasteiger partial charge in [-0.2, -0.15) is 0 Å². The minimum Gasteiger partial charge on any atom is -0.451 e. The number of nitrogens with two attached hydrogens (primary N) is 1. The number of benzene rings is 2. The molecule has 0 radical (unpaired) electrons. The van der Waals surface area contributed by atoms with Gasteiger partial charge in [0, 0.05) is 29.9 Å². The molecule has 4 rings (SSSR count). The number of rotatable bonds is 6. The third-order valence-electron chi connectivity index (χ3n) is 4.60. The lowest BCUT2D eigenvalue weighted by Crippen LogP contribution is -2.12. The average Bonchev–Trinajstić information content (AvgIpc) is 3.18. The molecule has 2 aromatic heterocycles. The lowest BCUT2D eigenvalue weighted by atomic mass is 10.1. The van der Waals surface area contributed by atoms with Crippen LogP contribution in [0.25, 0.3) is 11.0 Å². The van der Waals surface area contributed by atoms with Crippen molar-refractivity contribution in [1.29, 1.82) is 0 Å². The van der Waals surface area contributed by atoms with Gasteiger partial charge in [-0.25, -0.2) is 0 Å². The maximum atomic E-state index is 12.5. The second-order valence-electron chi connectivity index (χ2n) is 6.81. The number of furan rings is 1. The van der Waals surface area contributed by atoms with Crippen LogP contribution in [0.5, 0.6) is 0 Å². The number of amides is 2. The van der Waals surface area contributed by atoms with Crippen molar-refractivity contribution in [2.75, 3.05) is 16.4 Å². The van der Waals surface area contributed by atoms with E-state index in [4.69, 9.17) is 10.2 Å². The minimum absolute atomic E-state index is 0.0979. The third kappa shape index (κ3) is 4.47. The highest BCUT2D eigenvalue weighted by Gasteiger charge is 2.14. The van der Waals surface area contributed by atoms with Gasteiger partial charge in [-0.15, -0.1) is 0 Å². The molecule has 0 fully saturated rings. The van der Waals surface area contributed by atoms with Crippen molar-refractivity contribution in [3.05, 3.63) is 84.4 Å². The molecule has 0 spiro atoms. The molecule has 7 heteroatoms. The summed E-state index contributed by atoms with van der Waals surface area (Å²) in [6, 6.07) is 17.7. The number of anilines is 3.